The van der Waals surface area contributed by atoms with Gasteiger partial charge in [-0.3, -0.25) is 0 Å². The molecule has 0 unspecified atom stereocenters. The molecule has 3 rings (SSSR count). The first-order chi connectivity index (χ1) is 9.64. The molecule has 3 nitrogen and oxygen atoms in total. The third-order valence-electron chi connectivity index (χ3n) is 3.87. The first-order valence-corrected chi connectivity index (χ1v) is 6.95. The Morgan fingerprint density at radius 2 is 2.25 bits per heavy atom. The van der Waals surface area contributed by atoms with Crippen LogP contribution in [0, 0.1) is 0 Å². The molecule has 0 radical (unpaired) electrons. The third kappa shape index (κ3) is 2.03. The van der Waals surface area contributed by atoms with Crippen molar-refractivity contribution in [2.24, 2.45) is 4.99 Å². The Hall–Kier alpha value is -2.03. The minimum Gasteiger partial charge on any atom is -0.460 e. The van der Waals surface area contributed by atoms with E-state index in [0.29, 0.717) is 12.6 Å². The lowest BCUT2D eigenvalue weighted by atomic mass is 9.79. The standard InChI is InChI=1S/C17H19NO2/c1-4-11-19-16-12(2)18-15-14-8-6-5-7-13(14)9-10-17(15,3)20-16/h4-8H,1,9-11H2,2-3H3/t17-/m1/s1. The lowest BCUT2D eigenvalue weighted by Gasteiger charge is -2.39. The van der Waals surface area contributed by atoms with Crippen LogP contribution in [0.4, 0.5) is 0 Å². The van der Waals surface area contributed by atoms with Crippen LogP contribution in [-0.4, -0.2) is 17.9 Å². The van der Waals surface area contributed by atoms with Crippen LogP contribution in [0.15, 0.2) is 53.6 Å². The highest BCUT2D eigenvalue weighted by atomic mass is 16.7. The molecule has 1 aromatic rings. The minimum atomic E-state index is -0.398. The molecule has 1 heterocycles. The number of allylic oxidation sites excluding steroid dienone is 1. The second kappa shape index (κ2) is 4.82. The quantitative estimate of drug-likeness (QED) is 0.785. The molecule has 1 aromatic carbocycles. The molecule has 104 valence electrons. The van der Waals surface area contributed by atoms with Crippen molar-refractivity contribution in [2.75, 3.05) is 6.61 Å². The van der Waals surface area contributed by atoms with E-state index in [-0.39, 0.29) is 0 Å². The summed E-state index contributed by atoms with van der Waals surface area (Å²) in [5.74, 6) is 0.524. The van der Waals surface area contributed by atoms with Gasteiger partial charge in [-0.2, -0.15) is 0 Å². The van der Waals surface area contributed by atoms with Gasteiger partial charge in [-0.15, -0.1) is 0 Å². The number of fused-ring (bicyclic) bond motifs is 3. The Morgan fingerprint density at radius 3 is 3.05 bits per heavy atom. The van der Waals surface area contributed by atoms with Crippen LogP contribution in [0.1, 0.15) is 31.4 Å². The molecule has 0 amide bonds. The molecule has 1 aliphatic carbocycles. The van der Waals surface area contributed by atoms with E-state index >= 15 is 0 Å². The van der Waals surface area contributed by atoms with Crippen molar-refractivity contribution >= 4 is 5.71 Å². The summed E-state index contributed by atoms with van der Waals surface area (Å²) >= 11 is 0. The summed E-state index contributed by atoms with van der Waals surface area (Å²) in [5.41, 5.74) is 3.95. The Kier molecular flexibility index (Phi) is 3.13. The SMILES string of the molecule is C=CCOC1=C(C)N=C2c3ccccc3CC[C@@]2(C)O1. The van der Waals surface area contributed by atoms with Crippen LogP contribution in [0.2, 0.25) is 0 Å². The van der Waals surface area contributed by atoms with Crippen LogP contribution in [0.3, 0.4) is 0 Å². The lowest BCUT2D eigenvalue weighted by molar-refractivity contribution is -0.0332. The van der Waals surface area contributed by atoms with Gasteiger partial charge in [0.1, 0.15) is 12.3 Å². The molecule has 0 aromatic heterocycles. The van der Waals surface area contributed by atoms with Crippen molar-refractivity contribution in [3.05, 3.63) is 59.7 Å². The average molecular weight is 269 g/mol. The molecule has 1 atom stereocenters. The largest absolute Gasteiger partial charge is 0.460 e. The molecular formula is C17H19NO2. The number of rotatable bonds is 3. The fourth-order valence-electron chi connectivity index (χ4n) is 2.78. The lowest BCUT2D eigenvalue weighted by Crippen LogP contribution is -2.45. The van der Waals surface area contributed by atoms with Crippen LogP contribution in [0.5, 0.6) is 0 Å². The highest BCUT2D eigenvalue weighted by Crippen LogP contribution is 2.37. The molecule has 0 saturated heterocycles. The van der Waals surface area contributed by atoms with Crippen molar-refractivity contribution in [3.63, 3.8) is 0 Å². The normalized spacial score (nSPS) is 24.2. The number of hydrogen-bond donors (Lipinski definition) is 0. The fourth-order valence-corrected chi connectivity index (χ4v) is 2.78. The van der Waals surface area contributed by atoms with Crippen LogP contribution in [-0.2, 0) is 15.9 Å². The van der Waals surface area contributed by atoms with Crippen molar-refractivity contribution in [1.29, 1.82) is 0 Å². The molecule has 1 aliphatic heterocycles. The maximum Gasteiger partial charge on any atom is 0.302 e. The van der Waals surface area contributed by atoms with Crippen molar-refractivity contribution in [2.45, 2.75) is 32.3 Å². The predicted molar refractivity (Wildman–Crippen MR) is 79.6 cm³/mol. The van der Waals surface area contributed by atoms with Gasteiger partial charge in [0.05, 0.1) is 5.71 Å². The zero-order valence-electron chi connectivity index (χ0n) is 12.0. The Bertz CT molecular complexity index is 615. The topological polar surface area (TPSA) is 30.8 Å². The van der Waals surface area contributed by atoms with E-state index in [1.54, 1.807) is 6.08 Å². The maximum atomic E-state index is 6.13. The van der Waals surface area contributed by atoms with Crippen molar-refractivity contribution < 1.29 is 9.47 Å². The van der Waals surface area contributed by atoms with Gasteiger partial charge < -0.3 is 9.47 Å². The second-order valence-electron chi connectivity index (χ2n) is 5.42. The zero-order chi connectivity index (χ0) is 14.2. The molecule has 0 saturated carbocycles. The van der Waals surface area contributed by atoms with Gasteiger partial charge in [0.15, 0.2) is 5.60 Å². The minimum absolute atomic E-state index is 0.398. The van der Waals surface area contributed by atoms with E-state index in [2.05, 4.69) is 37.8 Å². The number of hydrogen-bond acceptors (Lipinski definition) is 3. The van der Waals surface area contributed by atoms with Crippen LogP contribution in [0.25, 0.3) is 0 Å². The predicted octanol–water partition coefficient (Wildman–Crippen LogP) is 3.60. The number of aliphatic imine (C=N–C) groups is 1. The first kappa shape index (κ1) is 13.0. The Morgan fingerprint density at radius 1 is 1.45 bits per heavy atom. The van der Waals surface area contributed by atoms with Gasteiger partial charge in [0.25, 0.3) is 0 Å². The molecule has 0 N–H and O–H groups in total. The highest BCUT2D eigenvalue weighted by molar-refractivity contribution is 6.09. The van der Waals surface area contributed by atoms with Gasteiger partial charge in [0.2, 0.25) is 0 Å². The van der Waals surface area contributed by atoms with Gasteiger partial charge in [0, 0.05) is 5.56 Å². The Labute approximate surface area is 119 Å². The summed E-state index contributed by atoms with van der Waals surface area (Å²) in [6.45, 7) is 8.10. The molecular weight excluding hydrogens is 250 g/mol. The monoisotopic (exact) mass is 269 g/mol. The highest BCUT2D eigenvalue weighted by Gasteiger charge is 2.42. The number of ether oxygens (including phenoxy) is 2. The Balaban J connectivity index is 2.04. The summed E-state index contributed by atoms with van der Waals surface area (Å²) < 4.78 is 11.7. The van der Waals surface area contributed by atoms with E-state index < -0.39 is 5.60 Å². The van der Waals surface area contributed by atoms with E-state index in [1.165, 1.54) is 11.1 Å². The molecule has 0 spiro atoms. The van der Waals surface area contributed by atoms with Crippen LogP contribution < -0.4 is 0 Å². The molecule has 0 bridgehead atoms. The average Bonchev–Trinajstić information content (AvgIpc) is 2.46. The van der Waals surface area contributed by atoms with Gasteiger partial charge in [-0.1, -0.05) is 36.9 Å². The van der Waals surface area contributed by atoms with Crippen LogP contribution >= 0.6 is 0 Å². The summed E-state index contributed by atoms with van der Waals surface area (Å²) in [5, 5.41) is 0. The molecule has 2 aliphatic rings. The third-order valence-corrected chi connectivity index (χ3v) is 3.87. The van der Waals surface area contributed by atoms with Crippen molar-refractivity contribution in [3.8, 4) is 0 Å². The van der Waals surface area contributed by atoms with E-state index in [0.717, 1.165) is 24.3 Å². The first-order valence-electron chi connectivity index (χ1n) is 6.95. The summed E-state index contributed by atoms with van der Waals surface area (Å²) in [7, 11) is 0. The summed E-state index contributed by atoms with van der Waals surface area (Å²) in [6, 6.07) is 8.42. The molecule has 0 fully saturated rings. The maximum absolute atomic E-state index is 6.13. The molecule has 20 heavy (non-hydrogen) atoms. The summed E-state index contributed by atoms with van der Waals surface area (Å²) in [6.07, 6.45) is 3.62. The zero-order valence-corrected chi connectivity index (χ0v) is 12.0. The second-order valence-corrected chi connectivity index (χ2v) is 5.42. The van der Waals surface area contributed by atoms with Crippen molar-refractivity contribution in [1.82, 2.24) is 0 Å². The van der Waals surface area contributed by atoms with E-state index in [1.807, 2.05) is 6.92 Å². The van der Waals surface area contributed by atoms with Gasteiger partial charge in [-0.05, 0) is 32.3 Å². The number of benzene rings is 1. The summed E-state index contributed by atoms with van der Waals surface area (Å²) in [4.78, 5) is 4.76. The van der Waals surface area contributed by atoms with Gasteiger partial charge >= 0.3 is 5.95 Å². The molecule has 3 heteroatoms. The van der Waals surface area contributed by atoms with E-state index in [9.17, 15) is 0 Å². The fraction of sp³-hybridized carbons (Fsp3) is 0.353. The van der Waals surface area contributed by atoms with Gasteiger partial charge in [-0.25, -0.2) is 4.99 Å². The smallest absolute Gasteiger partial charge is 0.302 e. The van der Waals surface area contributed by atoms with E-state index in [4.69, 9.17) is 14.5 Å². The number of aryl methyl sites for hydroxylation is 1. The number of nitrogens with zero attached hydrogens (tertiary/aromatic N) is 1.